The molecule has 1 aromatic rings. The van der Waals surface area contributed by atoms with Crippen molar-refractivity contribution >= 4 is 12.0 Å². The third-order valence-electron chi connectivity index (χ3n) is 5.40. The van der Waals surface area contributed by atoms with Crippen molar-refractivity contribution in [3.63, 3.8) is 0 Å². The fraction of sp³-hybridized carbons (Fsp3) is 0.600. The predicted molar refractivity (Wildman–Crippen MR) is 99.4 cm³/mol. The van der Waals surface area contributed by atoms with Gasteiger partial charge in [0.25, 0.3) is 0 Å². The normalized spacial score (nSPS) is 19.2. The van der Waals surface area contributed by atoms with Crippen LogP contribution in [0, 0.1) is 5.92 Å². The van der Waals surface area contributed by atoms with E-state index >= 15 is 0 Å². The molecule has 0 aromatic heterocycles. The minimum Gasteiger partial charge on any atom is -0.339 e. The minimum absolute atomic E-state index is 0.0566. The van der Waals surface area contributed by atoms with Crippen molar-refractivity contribution in [3.8, 4) is 0 Å². The molecule has 1 saturated heterocycles. The molecule has 1 heterocycles. The van der Waals surface area contributed by atoms with Crippen molar-refractivity contribution in [1.29, 1.82) is 0 Å². The maximum Gasteiger partial charge on any atom is 0.350 e. The molecule has 2 fully saturated rings. The summed E-state index contributed by atoms with van der Waals surface area (Å²) in [6.45, 7) is 3.99. The number of nitrogens with one attached hydrogen (secondary N) is 1. The van der Waals surface area contributed by atoms with Crippen LogP contribution in [0.4, 0.5) is 4.79 Å². The molecule has 6 nitrogen and oxygen atoms in total. The first-order chi connectivity index (χ1) is 12.7. The third-order valence-corrected chi connectivity index (χ3v) is 5.40. The minimum atomic E-state index is -0.308. The van der Waals surface area contributed by atoms with E-state index in [-0.39, 0.29) is 17.9 Å². The van der Waals surface area contributed by atoms with Gasteiger partial charge in [-0.2, -0.15) is 5.48 Å². The summed E-state index contributed by atoms with van der Waals surface area (Å²) in [5.41, 5.74) is 3.68. The van der Waals surface area contributed by atoms with E-state index in [2.05, 4.69) is 34.6 Å². The molecule has 1 aliphatic heterocycles. The van der Waals surface area contributed by atoms with Gasteiger partial charge in [-0.3, -0.25) is 4.90 Å². The van der Waals surface area contributed by atoms with Crippen LogP contribution in [0.15, 0.2) is 30.3 Å². The van der Waals surface area contributed by atoms with Crippen LogP contribution < -0.4 is 5.48 Å². The molecule has 0 radical (unpaired) electrons. The van der Waals surface area contributed by atoms with E-state index in [4.69, 9.17) is 4.84 Å². The summed E-state index contributed by atoms with van der Waals surface area (Å²) in [6.07, 6.45) is 6.08. The first kappa shape index (κ1) is 18.7. The lowest BCUT2D eigenvalue weighted by Crippen LogP contribution is -2.52. The van der Waals surface area contributed by atoms with Gasteiger partial charge < -0.3 is 9.74 Å². The molecule has 1 saturated carbocycles. The van der Waals surface area contributed by atoms with Crippen LogP contribution in [0.3, 0.4) is 0 Å². The van der Waals surface area contributed by atoms with Gasteiger partial charge in [0.15, 0.2) is 0 Å². The quantitative estimate of drug-likeness (QED) is 0.840. The van der Waals surface area contributed by atoms with E-state index < -0.39 is 0 Å². The molecule has 142 valence electrons. The highest BCUT2D eigenvalue weighted by atomic mass is 16.7. The van der Waals surface area contributed by atoms with Crippen LogP contribution >= 0.6 is 0 Å². The number of piperazine rings is 1. The highest BCUT2D eigenvalue weighted by Crippen LogP contribution is 2.24. The van der Waals surface area contributed by atoms with Crippen molar-refractivity contribution in [2.24, 2.45) is 5.92 Å². The Morgan fingerprint density at radius 2 is 1.69 bits per heavy atom. The zero-order valence-electron chi connectivity index (χ0n) is 15.4. The Balaban J connectivity index is 1.33. The molecular formula is C20H29N3O3. The molecule has 26 heavy (non-hydrogen) atoms. The van der Waals surface area contributed by atoms with Gasteiger partial charge in [-0.15, -0.1) is 0 Å². The molecule has 0 bridgehead atoms. The van der Waals surface area contributed by atoms with E-state index in [0.29, 0.717) is 13.1 Å². The van der Waals surface area contributed by atoms with E-state index in [9.17, 15) is 9.59 Å². The zero-order valence-corrected chi connectivity index (χ0v) is 15.4. The van der Waals surface area contributed by atoms with E-state index in [1.54, 1.807) is 4.90 Å². The van der Waals surface area contributed by atoms with Crippen molar-refractivity contribution in [1.82, 2.24) is 15.3 Å². The average molecular weight is 359 g/mol. The highest BCUT2D eigenvalue weighted by Gasteiger charge is 2.25. The largest absolute Gasteiger partial charge is 0.350 e. The van der Waals surface area contributed by atoms with Gasteiger partial charge >= 0.3 is 12.0 Å². The SMILES string of the molecule is O=C(ONC(=O)N1CCN(CCc2ccccc2)CC1)C1CCCCC1. The Morgan fingerprint density at radius 3 is 2.38 bits per heavy atom. The van der Waals surface area contributed by atoms with Crippen molar-refractivity contribution in [2.45, 2.75) is 38.5 Å². The molecule has 1 aromatic carbocycles. The molecule has 1 aliphatic carbocycles. The van der Waals surface area contributed by atoms with Crippen LogP contribution in [0.5, 0.6) is 0 Å². The second-order valence-corrected chi connectivity index (χ2v) is 7.23. The summed E-state index contributed by atoms with van der Waals surface area (Å²) in [5, 5.41) is 0. The number of rotatable bonds is 4. The fourth-order valence-electron chi connectivity index (χ4n) is 3.69. The number of carbonyl (C=O) groups is 2. The number of benzene rings is 1. The summed E-state index contributed by atoms with van der Waals surface area (Å²) < 4.78 is 0. The number of hydrogen-bond acceptors (Lipinski definition) is 4. The Hall–Kier alpha value is -2.08. The van der Waals surface area contributed by atoms with Crippen molar-refractivity contribution in [2.75, 3.05) is 32.7 Å². The Morgan fingerprint density at radius 1 is 1.00 bits per heavy atom. The Bertz CT molecular complexity index is 579. The van der Waals surface area contributed by atoms with Gasteiger partial charge in [0.2, 0.25) is 0 Å². The fourth-order valence-corrected chi connectivity index (χ4v) is 3.69. The van der Waals surface area contributed by atoms with E-state index in [1.807, 2.05) is 6.07 Å². The summed E-state index contributed by atoms with van der Waals surface area (Å²) in [7, 11) is 0. The topological polar surface area (TPSA) is 61.9 Å². The highest BCUT2D eigenvalue weighted by molar-refractivity contribution is 5.77. The van der Waals surface area contributed by atoms with Crippen LogP contribution in [0.25, 0.3) is 0 Å². The molecule has 2 amide bonds. The molecule has 2 aliphatic rings. The maximum atomic E-state index is 12.2. The smallest absolute Gasteiger partial charge is 0.339 e. The molecule has 0 unspecified atom stereocenters. The average Bonchev–Trinajstić information content (AvgIpc) is 2.72. The van der Waals surface area contributed by atoms with E-state index in [0.717, 1.165) is 51.7 Å². The van der Waals surface area contributed by atoms with Gasteiger partial charge in [-0.05, 0) is 24.8 Å². The monoisotopic (exact) mass is 359 g/mol. The number of amides is 2. The van der Waals surface area contributed by atoms with Crippen LogP contribution in [-0.2, 0) is 16.1 Å². The molecule has 0 spiro atoms. The lowest BCUT2D eigenvalue weighted by atomic mass is 9.89. The Kier molecular flexibility index (Phi) is 6.89. The second kappa shape index (κ2) is 9.57. The number of urea groups is 1. The van der Waals surface area contributed by atoms with Gasteiger partial charge in [-0.25, -0.2) is 9.59 Å². The first-order valence-electron chi connectivity index (χ1n) is 9.74. The van der Waals surface area contributed by atoms with Crippen LogP contribution in [0.1, 0.15) is 37.7 Å². The third kappa shape index (κ3) is 5.46. The number of carbonyl (C=O) groups excluding carboxylic acids is 2. The van der Waals surface area contributed by atoms with Gasteiger partial charge in [0.05, 0.1) is 5.92 Å². The Labute approximate surface area is 155 Å². The van der Waals surface area contributed by atoms with E-state index in [1.165, 1.54) is 12.0 Å². The summed E-state index contributed by atoms with van der Waals surface area (Å²) >= 11 is 0. The van der Waals surface area contributed by atoms with Crippen LogP contribution in [0.2, 0.25) is 0 Å². The second-order valence-electron chi connectivity index (χ2n) is 7.23. The molecule has 6 heteroatoms. The standard InChI is InChI=1S/C20H29N3O3/c24-19(18-9-5-2-6-10-18)26-21-20(25)23-15-13-22(14-16-23)12-11-17-7-3-1-4-8-17/h1,3-4,7-8,18H,2,5-6,9-16H2,(H,21,25). The van der Waals surface area contributed by atoms with Gasteiger partial charge in [-0.1, -0.05) is 49.6 Å². The molecule has 1 N–H and O–H groups in total. The summed E-state index contributed by atoms with van der Waals surface area (Å²) in [4.78, 5) is 33.3. The number of hydroxylamine groups is 1. The lowest BCUT2D eigenvalue weighted by Gasteiger charge is -2.34. The predicted octanol–water partition coefficient (Wildman–Crippen LogP) is 2.59. The number of nitrogens with zero attached hydrogens (tertiary/aromatic N) is 2. The van der Waals surface area contributed by atoms with Gasteiger partial charge in [0.1, 0.15) is 0 Å². The number of hydrogen-bond donors (Lipinski definition) is 1. The summed E-state index contributed by atoms with van der Waals surface area (Å²) in [5.74, 6) is -0.349. The maximum absolute atomic E-state index is 12.2. The lowest BCUT2D eigenvalue weighted by molar-refractivity contribution is -0.155. The summed E-state index contributed by atoms with van der Waals surface area (Å²) in [6, 6.07) is 10.1. The zero-order chi connectivity index (χ0) is 18.2. The first-order valence-corrected chi connectivity index (χ1v) is 9.74. The van der Waals surface area contributed by atoms with Crippen molar-refractivity contribution < 1.29 is 14.4 Å². The van der Waals surface area contributed by atoms with Crippen LogP contribution in [-0.4, -0.2) is 54.5 Å². The molecule has 0 atom stereocenters. The van der Waals surface area contributed by atoms with Gasteiger partial charge in [0, 0.05) is 32.7 Å². The molecular weight excluding hydrogens is 330 g/mol. The molecule has 3 rings (SSSR count). The van der Waals surface area contributed by atoms with Crippen molar-refractivity contribution in [3.05, 3.63) is 35.9 Å².